The monoisotopic (exact) mass is 363 g/mol. The molecule has 0 bridgehead atoms. The van der Waals surface area contributed by atoms with Gasteiger partial charge in [-0.05, 0) is 42.8 Å². The molecule has 0 atom stereocenters. The van der Waals surface area contributed by atoms with Gasteiger partial charge in [-0.25, -0.2) is 17.5 Å². The van der Waals surface area contributed by atoms with Crippen LogP contribution in [0.4, 0.5) is 0 Å². The van der Waals surface area contributed by atoms with Gasteiger partial charge in [0.2, 0.25) is 10.0 Å². The molecule has 0 saturated carbocycles. The zero-order valence-electron chi connectivity index (χ0n) is 14.4. The minimum atomic E-state index is -3.60. The third kappa shape index (κ3) is 5.04. The molecule has 0 aromatic heterocycles. The van der Waals surface area contributed by atoms with Crippen LogP contribution in [0.3, 0.4) is 0 Å². The number of aryl methyl sites for hydroxylation is 1. The fourth-order valence-corrected chi connectivity index (χ4v) is 3.02. The summed E-state index contributed by atoms with van der Waals surface area (Å²) in [5, 5.41) is 0. The number of carbonyl (C=O) groups is 1. The Kier molecular flexibility index (Phi) is 6.17. The number of hydrogen-bond donors (Lipinski definition) is 0. The maximum absolute atomic E-state index is 12.1. The Labute approximate surface area is 148 Å². The van der Waals surface area contributed by atoms with Gasteiger partial charge in [0.15, 0.2) is 0 Å². The first-order chi connectivity index (χ1) is 11.8. The Bertz CT molecular complexity index is 846. The lowest BCUT2D eigenvalue weighted by molar-refractivity contribution is 0.0450. The summed E-state index contributed by atoms with van der Waals surface area (Å²) in [6.07, 6.45) is 0. The Morgan fingerprint density at radius 3 is 2.44 bits per heavy atom. The van der Waals surface area contributed by atoms with Crippen LogP contribution in [-0.4, -0.2) is 46.0 Å². The largest absolute Gasteiger partial charge is 0.490 e. The van der Waals surface area contributed by atoms with E-state index in [0.29, 0.717) is 5.75 Å². The SMILES string of the molecule is Cc1cccc(OCCOC(=O)c2cccc(S(=O)(=O)N(C)C)c2)c1. The zero-order valence-corrected chi connectivity index (χ0v) is 15.2. The molecule has 134 valence electrons. The van der Waals surface area contributed by atoms with Gasteiger partial charge in [-0.2, -0.15) is 0 Å². The third-order valence-electron chi connectivity index (χ3n) is 3.42. The highest BCUT2D eigenvalue weighted by molar-refractivity contribution is 7.89. The molecule has 0 amide bonds. The van der Waals surface area contributed by atoms with E-state index in [0.717, 1.165) is 9.87 Å². The molecular formula is C18H21NO5S. The number of esters is 1. The van der Waals surface area contributed by atoms with Crippen LogP contribution < -0.4 is 4.74 Å². The molecule has 0 N–H and O–H groups in total. The second kappa shape index (κ2) is 8.13. The van der Waals surface area contributed by atoms with Gasteiger partial charge >= 0.3 is 5.97 Å². The van der Waals surface area contributed by atoms with Crippen LogP contribution in [0.2, 0.25) is 0 Å². The summed E-state index contributed by atoms with van der Waals surface area (Å²) in [5.74, 6) is 0.110. The Morgan fingerprint density at radius 2 is 1.76 bits per heavy atom. The molecule has 7 heteroatoms. The van der Waals surface area contributed by atoms with Crippen LogP contribution in [0.25, 0.3) is 0 Å². The van der Waals surface area contributed by atoms with Crippen molar-refractivity contribution < 1.29 is 22.7 Å². The summed E-state index contributed by atoms with van der Waals surface area (Å²) in [6.45, 7) is 2.24. The van der Waals surface area contributed by atoms with Crippen molar-refractivity contribution in [2.75, 3.05) is 27.3 Å². The summed E-state index contributed by atoms with van der Waals surface area (Å²) in [7, 11) is -0.730. The van der Waals surface area contributed by atoms with Gasteiger partial charge in [0.1, 0.15) is 19.0 Å². The van der Waals surface area contributed by atoms with Crippen molar-refractivity contribution >= 4 is 16.0 Å². The van der Waals surface area contributed by atoms with Gasteiger partial charge in [0, 0.05) is 14.1 Å². The standard InChI is InChI=1S/C18H21NO5S/c1-14-6-4-8-16(12-14)23-10-11-24-18(20)15-7-5-9-17(13-15)25(21,22)19(2)3/h4-9,12-13H,10-11H2,1-3H3. The van der Waals surface area contributed by atoms with Crippen LogP contribution in [-0.2, 0) is 14.8 Å². The first-order valence-corrected chi connectivity index (χ1v) is 9.14. The molecule has 2 aromatic carbocycles. The molecule has 0 radical (unpaired) electrons. The van der Waals surface area contributed by atoms with Gasteiger partial charge in [-0.1, -0.05) is 18.2 Å². The van der Waals surface area contributed by atoms with Crippen LogP contribution in [0.15, 0.2) is 53.4 Å². The molecule has 6 nitrogen and oxygen atoms in total. The predicted octanol–water partition coefficient (Wildman–Crippen LogP) is 2.48. The number of rotatable bonds is 7. The Morgan fingerprint density at radius 1 is 1.04 bits per heavy atom. The van der Waals surface area contributed by atoms with Gasteiger partial charge in [0.05, 0.1) is 10.5 Å². The molecule has 25 heavy (non-hydrogen) atoms. The van der Waals surface area contributed by atoms with E-state index in [-0.39, 0.29) is 23.7 Å². The van der Waals surface area contributed by atoms with Gasteiger partial charge < -0.3 is 9.47 Å². The van der Waals surface area contributed by atoms with Crippen molar-refractivity contribution in [1.29, 1.82) is 0 Å². The summed E-state index contributed by atoms with van der Waals surface area (Å²) < 4.78 is 35.9. The van der Waals surface area contributed by atoms with Crippen molar-refractivity contribution in [3.05, 3.63) is 59.7 Å². The molecule has 0 spiro atoms. The van der Waals surface area contributed by atoms with E-state index in [4.69, 9.17) is 9.47 Å². The summed E-state index contributed by atoms with van der Waals surface area (Å²) in [6, 6.07) is 13.3. The average molecular weight is 363 g/mol. The number of benzene rings is 2. The lowest BCUT2D eigenvalue weighted by Gasteiger charge is -2.12. The van der Waals surface area contributed by atoms with Crippen molar-refractivity contribution in [3.63, 3.8) is 0 Å². The molecule has 0 aliphatic carbocycles. The van der Waals surface area contributed by atoms with Crippen molar-refractivity contribution in [3.8, 4) is 5.75 Å². The second-order valence-corrected chi connectivity index (χ2v) is 7.77. The molecule has 2 aromatic rings. The minimum Gasteiger partial charge on any atom is -0.490 e. The quantitative estimate of drug-likeness (QED) is 0.558. The maximum Gasteiger partial charge on any atom is 0.338 e. The number of hydrogen-bond acceptors (Lipinski definition) is 5. The Hall–Kier alpha value is -2.38. The Balaban J connectivity index is 1.93. The lowest BCUT2D eigenvalue weighted by atomic mass is 10.2. The van der Waals surface area contributed by atoms with Crippen LogP contribution in [0.5, 0.6) is 5.75 Å². The van der Waals surface area contributed by atoms with E-state index in [1.54, 1.807) is 0 Å². The highest BCUT2D eigenvalue weighted by Gasteiger charge is 2.19. The van der Waals surface area contributed by atoms with E-state index >= 15 is 0 Å². The van der Waals surface area contributed by atoms with E-state index in [2.05, 4.69) is 0 Å². The molecule has 0 saturated heterocycles. The first-order valence-electron chi connectivity index (χ1n) is 7.70. The average Bonchev–Trinajstić information content (AvgIpc) is 2.58. The zero-order chi connectivity index (χ0) is 18.4. The first kappa shape index (κ1) is 19.0. The predicted molar refractivity (Wildman–Crippen MR) is 94.3 cm³/mol. The van der Waals surface area contributed by atoms with Crippen LogP contribution in [0, 0.1) is 6.92 Å². The fourth-order valence-electron chi connectivity index (χ4n) is 2.08. The number of carbonyl (C=O) groups excluding carboxylic acids is 1. The van der Waals surface area contributed by atoms with Crippen molar-refractivity contribution in [2.45, 2.75) is 11.8 Å². The minimum absolute atomic E-state index is 0.0444. The topological polar surface area (TPSA) is 72.9 Å². The van der Waals surface area contributed by atoms with Crippen LogP contribution in [0.1, 0.15) is 15.9 Å². The number of nitrogens with zero attached hydrogens (tertiary/aromatic N) is 1. The van der Waals surface area contributed by atoms with Crippen molar-refractivity contribution in [2.24, 2.45) is 0 Å². The molecule has 0 heterocycles. The summed E-state index contributed by atoms with van der Waals surface area (Å²) >= 11 is 0. The van der Waals surface area contributed by atoms with E-state index in [1.807, 2.05) is 31.2 Å². The van der Waals surface area contributed by atoms with E-state index in [9.17, 15) is 13.2 Å². The fraction of sp³-hybridized carbons (Fsp3) is 0.278. The van der Waals surface area contributed by atoms with Crippen LogP contribution >= 0.6 is 0 Å². The molecule has 0 fully saturated rings. The van der Waals surface area contributed by atoms with E-state index < -0.39 is 16.0 Å². The van der Waals surface area contributed by atoms with Crippen molar-refractivity contribution in [1.82, 2.24) is 4.31 Å². The highest BCUT2D eigenvalue weighted by atomic mass is 32.2. The molecule has 0 unspecified atom stereocenters. The highest BCUT2D eigenvalue weighted by Crippen LogP contribution is 2.16. The normalized spacial score (nSPS) is 11.4. The summed E-state index contributed by atoms with van der Waals surface area (Å²) in [5.41, 5.74) is 1.26. The van der Waals surface area contributed by atoms with E-state index in [1.165, 1.54) is 38.4 Å². The maximum atomic E-state index is 12.1. The van der Waals surface area contributed by atoms with Gasteiger partial charge in [-0.15, -0.1) is 0 Å². The number of ether oxygens (including phenoxy) is 2. The third-order valence-corrected chi connectivity index (χ3v) is 5.23. The molecule has 0 aliphatic heterocycles. The van der Waals surface area contributed by atoms with Gasteiger partial charge in [0.25, 0.3) is 0 Å². The number of sulfonamides is 1. The lowest BCUT2D eigenvalue weighted by Crippen LogP contribution is -2.22. The molecule has 0 aliphatic rings. The molecular weight excluding hydrogens is 342 g/mol. The molecule has 2 rings (SSSR count). The summed E-state index contributed by atoms with van der Waals surface area (Å²) in [4.78, 5) is 12.1. The second-order valence-electron chi connectivity index (χ2n) is 5.62. The van der Waals surface area contributed by atoms with Gasteiger partial charge in [-0.3, -0.25) is 0 Å². The smallest absolute Gasteiger partial charge is 0.338 e.